The molecule has 5 rings (SSSR count). The molecule has 6 heteroatoms. The van der Waals surface area contributed by atoms with Gasteiger partial charge in [0.15, 0.2) is 0 Å². The number of amides is 1. The number of hydrogen-bond acceptors (Lipinski definition) is 5. The number of ether oxygens (including phenoxy) is 3. The number of benzene rings is 3. The maximum atomic E-state index is 13.6. The van der Waals surface area contributed by atoms with Crippen LogP contribution in [0.25, 0.3) is 0 Å². The molecule has 0 saturated carbocycles. The minimum atomic E-state index is -0.0207. The molecule has 0 aliphatic carbocycles. The van der Waals surface area contributed by atoms with E-state index in [-0.39, 0.29) is 5.91 Å². The molecular formula is C31H36N2O4. The standard InChI is InChI=1S/C31H36N2O4/c34-31(28-10-6-11-29(23-28)36-18-15-32-13-3-4-14-32)33-16-17-35-19-20-37-30-12-2-1-9-27(30)22-25-7-5-8-26(21-25)24-33/h1-2,5-12,21,23H,3-4,13-20,22,24H2. The molecule has 3 aromatic carbocycles. The number of carbonyl (C=O) groups excluding carboxylic acids is 1. The summed E-state index contributed by atoms with van der Waals surface area (Å²) in [6, 6.07) is 24.1. The molecular weight excluding hydrogens is 464 g/mol. The fraction of sp³-hybridized carbons (Fsp3) is 0.387. The summed E-state index contributed by atoms with van der Waals surface area (Å²) in [5.41, 5.74) is 4.07. The first-order valence-corrected chi connectivity index (χ1v) is 13.4. The highest BCUT2D eigenvalue weighted by atomic mass is 16.5. The van der Waals surface area contributed by atoms with Crippen LogP contribution in [0.2, 0.25) is 0 Å². The Morgan fingerprint density at radius 3 is 2.59 bits per heavy atom. The van der Waals surface area contributed by atoms with Crippen molar-refractivity contribution in [3.05, 3.63) is 95.1 Å². The third-order valence-electron chi connectivity index (χ3n) is 6.97. The number of likely N-dealkylation sites (tertiary alicyclic amines) is 1. The lowest BCUT2D eigenvalue weighted by molar-refractivity contribution is 0.0571. The molecule has 2 bridgehead atoms. The van der Waals surface area contributed by atoms with Crippen LogP contribution in [0.15, 0.2) is 72.8 Å². The first-order valence-electron chi connectivity index (χ1n) is 13.4. The van der Waals surface area contributed by atoms with Crippen LogP contribution in [0, 0.1) is 0 Å². The monoisotopic (exact) mass is 500 g/mol. The molecule has 0 N–H and O–H groups in total. The first-order chi connectivity index (χ1) is 18.2. The Morgan fingerprint density at radius 2 is 1.68 bits per heavy atom. The number of nitrogens with zero attached hydrogens (tertiary/aromatic N) is 2. The minimum Gasteiger partial charge on any atom is -0.492 e. The maximum absolute atomic E-state index is 13.6. The molecule has 2 aliphatic heterocycles. The summed E-state index contributed by atoms with van der Waals surface area (Å²) >= 11 is 0. The van der Waals surface area contributed by atoms with Gasteiger partial charge in [-0.2, -0.15) is 0 Å². The zero-order chi connectivity index (χ0) is 25.3. The third-order valence-corrected chi connectivity index (χ3v) is 6.97. The molecule has 3 aromatic rings. The highest BCUT2D eigenvalue weighted by Crippen LogP contribution is 2.23. The van der Waals surface area contributed by atoms with E-state index in [0.717, 1.165) is 48.7 Å². The van der Waals surface area contributed by atoms with Gasteiger partial charge in [-0.25, -0.2) is 0 Å². The van der Waals surface area contributed by atoms with Gasteiger partial charge >= 0.3 is 0 Å². The van der Waals surface area contributed by atoms with Crippen molar-refractivity contribution in [2.24, 2.45) is 0 Å². The number of hydrogen-bond donors (Lipinski definition) is 0. The third kappa shape index (κ3) is 7.12. The topological polar surface area (TPSA) is 51.2 Å². The van der Waals surface area contributed by atoms with Gasteiger partial charge in [0, 0.05) is 31.6 Å². The predicted molar refractivity (Wildman–Crippen MR) is 144 cm³/mol. The van der Waals surface area contributed by atoms with Crippen molar-refractivity contribution in [2.45, 2.75) is 25.8 Å². The molecule has 194 valence electrons. The molecule has 0 atom stereocenters. The van der Waals surface area contributed by atoms with Gasteiger partial charge in [-0.15, -0.1) is 0 Å². The van der Waals surface area contributed by atoms with Crippen LogP contribution in [0.5, 0.6) is 11.5 Å². The SMILES string of the molecule is O=C(c1cccc(OCCN2CCCC2)c1)N1CCOCCOc2ccccc2Cc2cccc(c2)C1. The number of para-hydroxylation sites is 1. The van der Waals surface area contributed by atoms with Crippen LogP contribution in [0.3, 0.4) is 0 Å². The Balaban J connectivity index is 1.30. The van der Waals surface area contributed by atoms with E-state index in [1.165, 1.54) is 18.4 Å². The van der Waals surface area contributed by atoms with Crippen molar-refractivity contribution in [3.63, 3.8) is 0 Å². The van der Waals surface area contributed by atoms with Gasteiger partial charge in [0.25, 0.3) is 5.91 Å². The van der Waals surface area contributed by atoms with E-state index in [1.54, 1.807) is 0 Å². The van der Waals surface area contributed by atoms with Crippen molar-refractivity contribution in [3.8, 4) is 11.5 Å². The van der Waals surface area contributed by atoms with Crippen molar-refractivity contribution in [2.75, 3.05) is 52.6 Å². The number of fused-ring (bicyclic) bond motifs is 3. The Hall–Kier alpha value is -3.35. The van der Waals surface area contributed by atoms with Crippen molar-refractivity contribution < 1.29 is 19.0 Å². The zero-order valence-corrected chi connectivity index (χ0v) is 21.4. The van der Waals surface area contributed by atoms with Crippen LogP contribution in [-0.4, -0.2) is 68.3 Å². The molecule has 37 heavy (non-hydrogen) atoms. The minimum absolute atomic E-state index is 0.0207. The Kier molecular flexibility index (Phi) is 8.72. The fourth-order valence-electron chi connectivity index (χ4n) is 5.01. The summed E-state index contributed by atoms with van der Waals surface area (Å²) < 4.78 is 17.8. The molecule has 2 aliphatic rings. The highest BCUT2D eigenvalue weighted by Gasteiger charge is 2.18. The van der Waals surface area contributed by atoms with E-state index in [2.05, 4.69) is 35.2 Å². The van der Waals surface area contributed by atoms with Crippen LogP contribution in [0.4, 0.5) is 0 Å². The van der Waals surface area contributed by atoms with Gasteiger partial charge in [0.2, 0.25) is 0 Å². The second kappa shape index (κ2) is 12.7. The lowest BCUT2D eigenvalue weighted by atomic mass is 10.0. The van der Waals surface area contributed by atoms with Crippen LogP contribution < -0.4 is 9.47 Å². The molecule has 1 amide bonds. The number of carbonyl (C=O) groups is 1. The van der Waals surface area contributed by atoms with Crippen molar-refractivity contribution >= 4 is 5.91 Å². The summed E-state index contributed by atoms with van der Waals surface area (Å²) in [6.07, 6.45) is 3.31. The van der Waals surface area contributed by atoms with Gasteiger partial charge < -0.3 is 19.1 Å². The highest BCUT2D eigenvalue weighted by molar-refractivity contribution is 5.94. The number of rotatable bonds is 5. The summed E-state index contributed by atoms with van der Waals surface area (Å²) in [7, 11) is 0. The quantitative estimate of drug-likeness (QED) is 0.504. The van der Waals surface area contributed by atoms with Crippen molar-refractivity contribution in [1.29, 1.82) is 0 Å². The average Bonchev–Trinajstić information content (AvgIpc) is 3.44. The average molecular weight is 501 g/mol. The van der Waals surface area contributed by atoms with E-state index < -0.39 is 0 Å². The van der Waals surface area contributed by atoms with Gasteiger partial charge in [-0.1, -0.05) is 48.5 Å². The smallest absolute Gasteiger partial charge is 0.254 e. The van der Waals surface area contributed by atoms with Gasteiger partial charge in [0.1, 0.15) is 24.7 Å². The van der Waals surface area contributed by atoms with Gasteiger partial charge in [-0.3, -0.25) is 9.69 Å². The molecule has 1 saturated heterocycles. The fourth-order valence-corrected chi connectivity index (χ4v) is 5.01. The summed E-state index contributed by atoms with van der Waals surface area (Å²) in [6.45, 7) is 6.27. The largest absolute Gasteiger partial charge is 0.492 e. The van der Waals surface area contributed by atoms with E-state index in [9.17, 15) is 4.79 Å². The first kappa shape index (κ1) is 25.3. The molecule has 2 heterocycles. The molecule has 1 fully saturated rings. The van der Waals surface area contributed by atoms with Gasteiger partial charge in [-0.05, 0) is 66.9 Å². The Labute approximate surface area is 219 Å². The van der Waals surface area contributed by atoms with E-state index >= 15 is 0 Å². The molecule has 0 radical (unpaired) electrons. The Morgan fingerprint density at radius 1 is 0.838 bits per heavy atom. The van der Waals surface area contributed by atoms with E-state index in [1.807, 2.05) is 47.4 Å². The maximum Gasteiger partial charge on any atom is 0.254 e. The second-order valence-corrected chi connectivity index (χ2v) is 9.72. The van der Waals surface area contributed by atoms with Crippen LogP contribution in [-0.2, 0) is 17.7 Å². The van der Waals surface area contributed by atoms with Crippen molar-refractivity contribution in [1.82, 2.24) is 9.80 Å². The molecule has 6 nitrogen and oxygen atoms in total. The van der Waals surface area contributed by atoms with E-state index in [4.69, 9.17) is 14.2 Å². The molecule has 0 aromatic heterocycles. The summed E-state index contributed by atoms with van der Waals surface area (Å²) in [4.78, 5) is 17.9. The summed E-state index contributed by atoms with van der Waals surface area (Å²) in [5, 5.41) is 0. The predicted octanol–water partition coefficient (Wildman–Crippen LogP) is 4.80. The second-order valence-electron chi connectivity index (χ2n) is 9.72. The lowest BCUT2D eigenvalue weighted by Crippen LogP contribution is -2.34. The Bertz CT molecular complexity index is 1180. The molecule has 0 unspecified atom stereocenters. The van der Waals surface area contributed by atoms with Crippen LogP contribution in [0.1, 0.15) is 39.9 Å². The molecule has 0 spiro atoms. The van der Waals surface area contributed by atoms with Gasteiger partial charge in [0.05, 0.1) is 13.2 Å². The summed E-state index contributed by atoms with van der Waals surface area (Å²) in [5.74, 6) is 1.61. The van der Waals surface area contributed by atoms with E-state index in [0.29, 0.717) is 45.1 Å². The zero-order valence-electron chi connectivity index (χ0n) is 21.4. The normalized spacial score (nSPS) is 16.9. The lowest BCUT2D eigenvalue weighted by Gasteiger charge is -2.24. The van der Waals surface area contributed by atoms with Crippen LogP contribution >= 0.6 is 0 Å².